The second-order valence-electron chi connectivity index (χ2n) is 3.52. The molecule has 0 saturated carbocycles. The first-order valence-corrected chi connectivity index (χ1v) is 7.64. The topological polar surface area (TPSA) is 38.9 Å². The van der Waals surface area contributed by atoms with Crippen molar-refractivity contribution in [3.05, 3.63) is 27.0 Å². The van der Waals surface area contributed by atoms with E-state index in [9.17, 15) is 0 Å². The van der Waals surface area contributed by atoms with Crippen LogP contribution < -0.4 is 5.73 Å². The number of thiazole rings is 1. The normalized spacial score (nSPS) is 12.9. The summed E-state index contributed by atoms with van der Waals surface area (Å²) >= 11 is 6.88. The van der Waals surface area contributed by atoms with E-state index in [1.807, 2.05) is 0 Å². The zero-order chi connectivity index (χ0) is 11.5. The first kappa shape index (κ1) is 12.2. The van der Waals surface area contributed by atoms with Crippen LogP contribution in [-0.2, 0) is 0 Å². The molecule has 0 radical (unpaired) electrons. The van der Waals surface area contributed by atoms with Gasteiger partial charge in [-0.05, 0) is 34.5 Å². The zero-order valence-electron chi connectivity index (χ0n) is 8.94. The minimum Gasteiger partial charge on any atom is -0.330 e. The Bertz CT molecular complexity index is 460. The van der Waals surface area contributed by atoms with Crippen LogP contribution in [0.15, 0.2) is 21.3 Å². The van der Waals surface area contributed by atoms with Crippen molar-refractivity contribution in [2.24, 2.45) is 5.73 Å². The Kier molecular flexibility index (Phi) is 4.13. The quantitative estimate of drug-likeness (QED) is 0.922. The molecule has 86 valence electrons. The molecule has 0 saturated heterocycles. The lowest BCUT2D eigenvalue weighted by Crippen LogP contribution is -2.11. The molecule has 0 spiro atoms. The Morgan fingerprint density at radius 3 is 2.88 bits per heavy atom. The van der Waals surface area contributed by atoms with E-state index in [4.69, 9.17) is 5.73 Å². The van der Waals surface area contributed by atoms with Gasteiger partial charge in [-0.2, -0.15) is 0 Å². The third kappa shape index (κ3) is 2.53. The summed E-state index contributed by atoms with van der Waals surface area (Å²) in [7, 11) is 0. The van der Waals surface area contributed by atoms with Gasteiger partial charge in [-0.3, -0.25) is 0 Å². The molecule has 1 unspecified atom stereocenters. The number of rotatable bonds is 4. The number of hydrogen-bond acceptors (Lipinski definition) is 4. The van der Waals surface area contributed by atoms with Crippen LogP contribution in [0.5, 0.6) is 0 Å². The van der Waals surface area contributed by atoms with Crippen LogP contribution in [0.2, 0.25) is 0 Å². The van der Waals surface area contributed by atoms with Gasteiger partial charge in [0.05, 0.1) is 14.4 Å². The van der Waals surface area contributed by atoms with Gasteiger partial charge >= 0.3 is 0 Å². The van der Waals surface area contributed by atoms with Crippen LogP contribution in [0.25, 0.3) is 9.88 Å². The molecule has 2 aromatic rings. The highest BCUT2D eigenvalue weighted by atomic mass is 79.9. The number of thiophene rings is 1. The van der Waals surface area contributed by atoms with Crippen molar-refractivity contribution < 1.29 is 0 Å². The van der Waals surface area contributed by atoms with E-state index in [0.29, 0.717) is 12.5 Å². The number of nitrogens with two attached hydrogens (primary N) is 1. The van der Waals surface area contributed by atoms with Gasteiger partial charge in [-0.1, -0.05) is 6.92 Å². The second kappa shape index (κ2) is 5.40. The average Bonchev–Trinajstić information content (AvgIpc) is 2.89. The molecule has 0 aliphatic heterocycles. The Hall–Kier alpha value is -0.230. The fraction of sp³-hybridized carbons (Fsp3) is 0.364. The molecular weight excluding hydrogens is 304 g/mol. The first-order valence-electron chi connectivity index (χ1n) is 5.15. The highest BCUT2D eigenvalue weighted by molar-refractivity contribution is 9.11. The van der Waals surface area contributed by atoms with Crippen LogP contribution in [0.4, 0.5) is 0 Å². The largest absolute Gasteiger partial charge is 0.330 e. The average molecular weight is 317 g/mol. The Balaban J connectivity index is 2.25. The van der Waals surface area contributed by atoms with Gasteiger partial charge in [-0.25, -0.2) is 4.98 Å². The Morgan fingerprint density at radius 1 is 1.50 bits per heavy atom. The van der Waals surface area contributed by atoms with Crippen LogP contribution in [0, 0.1) is 0 Å². The molecule has 2 rings (SSSR count). The molecule has 1 atom stereocenters. The lowest BCUT2D eigenvalue weighted by atomic mass is 10.0. The van der Waals surface area contributed by atoms with Gasteiger partial charge in [0.1, 0.15) is 5.01 Å². The van der Waals surface area contributed by atoms with Gasteiger partial charge in [-0.15, -0.1) is 22.7 Å². The smallest absolute Gasteiger partial charge is 0.133 e. The summed E-state index contributed by atoms with van der Waals surface area (Å²) in [6.07, 6.45) is 1.05. The molecule has 0 aliphatic rings. The van der Waals surface area contributed by atoms with Crippen LogP contribution in [0.3, 0.4) is 0 Å². The predicted octanol–water partition coefficient (Wildman–Crippen LogP) is 4.09. The van der Waals surface area contributed by atoms with E-state index in [1.54, 1.807) is 22.7 Å². The van der Waals surface area contributed by atoms with E-state index in [1.165, 1.54) is 4.88 Å². The Labute approximate surface area is 112 Å². The van der Waals surface area contributed by atoms with Crippen molar-refractivity contribution in [2.45, 2.75) is 19.3 Å². The third-order valence-electron chi connectivity index (χ3n) is 2.50. The monoisotopic (exact) mass is 316 g/mol. The highest BCUT2D eigenvalue weighted by Crippen LogP contribution is 2.34. The lowest BCUT2D eigenvalue weighted by molar-refractivity contribution is 0.659. The van der Waals surface area contributed by atoms with Gasteiger partial charge in [0.15, 0.2) is 0 Å². The van der Waals surface area contributed by atoms with E-state index in [0.717, 1.165) is 20.9 Å². The van der Waals surface area contributed by atoms with Crippen molar-refractivity contribution in [3.63, 3.8) is 0 Å². The summed E-state index contributed by atoms with van der Waals surface area (Å²) in [5.41, 5.74) is 6.86. The minimum absolute atomic E-state index is 0.397. The maximum Gasteiger partial charge on any atom is 0.133 e. The van der Waals surface area contributed by atoms with E-state index in [-0.39, 0.29) is 0 Å². The minimum atomic E-state index is 0.397. The first-order chi connectivity index (χ1) is 7.74. The number of halogens is 1. The molecule has 0 amide bonds. The van der Waals surface area contributed by atoms with Gasteiger partial charge in [0, 0.05) is 17.8 Å². The molecular formula is C11H13BrN2S2. The van der Waals surface area contributed by atoms with Crippen molar-refractivity contribution in [2.75, 3.05) is 6.54 Å². The van der Waals surface area contributed by atoms with Crippen LogP contribution in [-0.4, -0.2) is 11.5 Å². The fourth-order valence-electron chi connectivity index (χ4n) is 1.51. The summed E-state index contributed by atoms with van der Waals surface area (Å²) in [5, 5.41) is 3.22. The van der Waals surface area contributed by atoms with Crippen molar-refractivity contribution in [1.82, 2.24) is 4.98 Å². The second-order valence-corrected chi connectivity index (χ2v) is 6.84. The Morgan fingerprint density at radius 2 is 2.31 bits per heavy atom. The molecule has 2 aromatic heterocycles. The number of nitrogens with zero attached hydrogens (tertiary/aromatic N) is 1. The van der Waals surface area contributed by atoms with Gasteiger partial charge in [0.2, 0.25) is 0 Å². The molecule has 0 fully saturated rings. The fourth-order valence-corrected chi connectivity index (χ4v) is 3.87. The molecule has 2 N–H and O–H groups in total. The number of aromatic nitrogens is 1. The number of hydrogen-bond donors (Lipinski definition) is 1. The molecule has 0 bridgehead atoms. The predicted molar refractivity (Wildman–Crippen MR) is 75.2 cm³/mol. The molecule has 0 aliphatic carbocycles. The van der Waals surface area contributed by atoms with Gasteiger partial charge in [0.25, 0.3) is 0 Å². The lowest BCUT2D eigenvalue weighted by Gasteiger charge is -2.07. The third-order valence-corrected chi connectivity index (χ3v) is 5.15. The van der Waals surface area contributed by atoms with E-state index >= 15 is 0 Å². The van der Waals surface area contributed by atoms with Crippen molar-refractivity contribution in [3.8, 4) is 9.88 Å². The van der Waals surface area contributed by atoms with Crippen molar-refractivity contribution >= 4 is 38.6 Å². The molecule has 2 heterocycles. The maximum atomic E-state index is 5.73. The summed E-state index contributed by atoms with van der Waals surface area (Å²) in [4.78, 5) is 5.88. The molecule has 16 heavy (non-hydrogen) atoms. The highest BCUT2D eigenvalue weighted by Gasteiger charge is 2.13. The van der Waals surface area contributed by atoms with Crippen LogP contribution >= 0.6 is 38.6 Å². The van der Waals surface area contributed by atoms with Gasteiger partial charge < -0.3 is 5.73 Å². The molecule has 0 aromatic carbocycles. The van der Waals surface area contributed by atoms with E-state index < -0.39 is 0 Å². The summed E-state index contributed by atoms with van der Waals surface area (Å²) in [6.45, 7) is 2.83. The zero-order valence-corrected chi connectivity index (χ0v) is 12.2. The summed E-state index contributed by atoms with van der Waals surface area (Å²) in [5.74, 6) is 0.397. The maximum absolute atomic E-state index is 5.73. The van der Waals surface area contributed by atoms with E-state index in [2.05, 4.69) is 45.4 Å². The molecule has 5 heteroatoms. The standard InChI is InChI=1S/C11H13BrN2S2/c1-2-7(5-13)8-6-15-11(14-8)9-3-4-10(12)16-9/h3-4,6-7H,2,5,13H2,1H3. The van der Waals surface area contributed by atoms with Crippen LogP contribution in [0.1, 0.15) is 25.0 Å². The summed E-state index contributed by atoms with van der Waals surface area (Å²) in [6, 6.07) is 4.15. The van der Waals surface area contributed by atoms with Crippen molar-refractivity contribution in [1.29, 1.82) is 0 Å². The summed E-state index contributed by atoms with van der Waals surface area (Å²) < 4.78 is 1.14. The molecule has 2 nitrogen and oxygen atoms in total. The SMILES string of the molecule is CCC(CN)c1csc(-c2ccc(Br)s2)n1.